The molecule has 2 aliphatic carbocycles. The van der Waals surface area contributed by atoms with Gasteiger partial charge < -0.3 is 15.9 Å². The lowest BCUT2D eigenvalue weighted by Crippen LogP contribution is -2.19. The maximum atomic E-state index is 10.9. The van der Waals surface area contributed by atoms with Crippen molar-refractivity contribution in [1.82, 2.24) is 0 Å². The van der Waals surface area contributed by atoms with Gasteiger partial charge in [0.2, 0.25) is 5.91 Å². The lowest BCUT2D eigenvalue weighted by Gasteiger charge is -2.19. The molecule has 4 N–H and O–H groups in total. The predicted molar refractivity (Wildman–Crippen MR) is 99.2 cm³/mol. The highest BCUT2D eigenvalue weighted by molar-refractivity contribution is 5.73. The van der Waals surface area contributed by atoms with Crippen LogP contribution in [0.3, 0.4) is 0 Å². The highest BCUT2D eigenvalue weighted by Gasteiger charge is 2.44. The molecule has 2 saturated carbocycles. The van der Waals surface area contributed by atoms with Crippen molar-refractivity contribution in [2.45, 2.75) is 64.6 Å². The molecular formula is C21H31NO3. The number of carbonyl (C=O) groups is 1. The summed E-state index contributed by atoms with van der Waals surface area (Å²) in [6, 6.07) is 0. The van der Waals surface area contributed by atoms with E-state index in [1.165, 1.54) is 5.57 Å². The second kappa shape index (κ2) is 9.22. The van der Waals surface area contributed by atoms with Crippen LogP contribution < -0.4 is 5.73 Å². The van der Waals surface area contributed by atoms with E-state index in [2.05, 4.69) is 17.9 Å². The van der Waals surface area contributed by atoms with E-state index in [1.807, 2.05) is 19.1 Å². The van der Waals surface area contributed by atoms with Crippen molar-refractivity contribution in [3.8, 4) is 11.8 Å². The number of aliphatic hydroxyl groups excluding tert-OH is 2. The van der Waals surface area contributed by atoms with Crippen LogP contribution in [0.25, 0.3) is 0 Å². The third-order valence-corrected chi connectivity index (χ3v) is 5.65. The monoisotopic (exact) mass is 345 g/mol. The van der Waals surface area contributed by atoms with Gasteiger partial charge in [0.25, 0.3) is 0 Å². The van der Waals surface area contributed by atoms with E-state index >= 15 is 0 Å². The number of nitrogens with two attached hydrogens (primary N) is 1. The van der Waals surface area contributed by atoms with Crippen LogP contribution in [0.5, 0.6) is 0 Å². The quantitative estimate of drug-likeness (QED) is 0.490. The Morgan fingerprint density at radius 1 is 1.44 bits per heavy atom. The Morgan fingerprint density at radius 2 is 2.20 bits per heavy atom. The van der Waals surface area contributed by atoms with Gasteiger partial charge in [-0.05, 0) is 50.4 Å². The second-order valence-electron chi connectivity index (χ2n) is 7.56. The summed E-state index contributed by atoms with van der Waals surface area (Å²) in [4.78, 5) is 10.9. The smallest absolute Gasteiger partial charge is 0.217 e. The molecule has 0 spiro atoms. The molecular weight excluding hydrogens is 314 g/mol. The molecule has 0 bridgehead atoms. The minimum atomic E-state index is -0.529. The molecule has 0 unspecified atom stereocenters. The molecule has 2 fully saturated rings. The lowest BCUT2D eigenvalue weighted by atomic mass is 9.89. The number of aliphatic hydroxyl groups is 2. The van der Waals surface area contributed by atoms with Gasteiger partial charge in [0, 0.05) is 18.8 Å². The molecule has 0 saturated heterocycles. The molecule has 4 heteroatoms. The number of hydrogen-bond donors (Lipinski definition) is 3. The van der Waals surface area contributed by atoms with E-state index < -0.39 is 6.10 Å². The second-order valence-corrected chi connectivity index (χ2v) is 7.56. The fourth-order valence-corrected chi connectivity index (χ4v) is 4.17. The number of carbonyl (C=O) groups excluding carboxylic acids is 1. The van der Waals surface area contributed by atoms with Gasteiger partial charge in [-0.15, -0.1) is 11.8 Å². The molecule has 0 aromatic heterocycles. The topological polar surface area (TPSA) is 83.5 Å². The van der Waals surface area contributed by atoms with Crippen LogP contribution in [-0.2, 0) is 4.79 Å². The van der Waals surface area contributed by atoms with Gasteiger partial charge in [-0.3, -0.25) is 4.79 Å². The molecule has 0 aliphatic heterocycles. The summed E-state index contributed by atoms with van der Waals surface area (Å²) in [5.41, 5.74) is 6.57. The fraction of sp³-hybridized carbons (Fsp3) is 0.667. The summed E-state index contributed by atoms with van der Waals surface area (Å²) >= 11 is 0. The molecule has 6 atom stereocenters. The molecule has 2 rings (SSSR count). The van der Waals surface area contributed by atoms with E-state index in [4.69, 9.17) is 5.73 Å². The third kappa shape index (κ3) is 5.45. The number of fused-ring (bicyclic) bond motifs is 1. The zero-order valence-electron chi connectivity index (χ0n) is 15.3. The number of rotatable bonds is 7. The normalized spacial score (nSPS) is 32.4. The Morgan fingerprint density at radius 3 is 2.88 bits per heavy atom. The molecule has 25 heavy (non-hydrogen) atoms. The van der Waals surface area contributed by atoms with Crippen LogP contribution in [0.2, 0.25) is 0 Å². The van der Waals surface area contributed by atoms with E-state index in [1.54, 1.807) is 6.92 Å². The van der Waals surface area contributed by atoms with Gasteiger partial charge in [0.15, 0.2) is 0 Å². The first-order valence-corrected chi connectivity index (χ1v) is 9.32. The number of hydrogen-bond acceptors (Lipinski definition) is 3. The average molecular weight is 345 g/mol. The minimum Gasteiger partial charge on any atom is -0.392 e. The molecule has 0 aromatic rings. The summed E-state index contributed by atoms with van der Waals surface area (Å²) in [5.74, 6) is 6.73. The van der Waals surface area contributed by atoms with Gasteiger partial charge in [-0.2, -0.15) is 0 Å². The Kier molecular flexibility index (Phi) is 7.28. The summed E-state index contributed by atoms with van der Waals surface area (Å²) in [7, 11) is 0. The molecule has 0 aromatic carbocycles. The van der Waals surface area contributed by atoms with E-state index in [-0.39, 0.29) is 23.8 Å². The van der Waals surface area contributed by atoms with Crippen molar-refractivity contribution >= 4 is 5.91 Å². The Hall–Kier alpha value is -1.57. The van der Waals surface area contributed by atoms with Crippen LogP contribution in [0.1, 0.15) is 52.4 Å². The average Bonchev–Trinajstić information content (AvgIpc) is 3.06. The Labute approximate surface area is 151 Å². The highest BCUT2D eigenvalue weighted by Crippen LogP contribution is 2.50. The van der Waals surface area contributed by atoms with Crippen molar-refractivity contribution in [1.29, 1.82) is 0 Å². The summed E-state index contributed by atoms with van der Waals surface area (Å²) in [6.07, 6.45) is 9.74. The first-order valence-electron chi connectivity index (χ1n) is 9.32. The number of primary amides is 1. The largest absolute Gasteiger partial charge is 0.392 e. The zero-order valence-corrected chi connectivity index (χ0v) is 15.3. The SMILES string of the molecule is CC#CC[C@@H](C)[C@H](O)/C=C/[C@@H]1[C@H]2C/C(=C/CCC(N)=O)C[C@H]2C[C@H]1O. The molecule has 0 radical (unpaired) electrons. The number of allylic oxidation sites excluding steroid dienone is 2. The van der Waals surface area contributed by atoms with Crippen LogP contribution in [0.4, 0.5) is 0 Å². The van der Waals surface area contributed by atoms with Crippen molar-refractivity contribution in [2.24, 2.45) is 29.4 Å². The molecule has 1 amide bonds. The lowest BCUT2D eigenvalue weighted by molar-refractivity contribution is -0.117. The van der Waals surface area contributed by atoms with Gasteiger partial charge >= 0.3 is 0 Å². The standard InChI is InChI=1S/C21H31NO3/c1-3-4-6-14(2)19(23)10-9-17-18-12-15(7-5-8-21(22)25)11-16(18)13-20(17)24/h7,9-10,14,16-20,23-24H,5-6,8,11-13H2,1-2H3,(H2,22,25)/b10-9+,15-7+/t14-,16+,17-,18+,19-,20-/m1/s1. The highest BCUT2D eigenvalue weighted by atomic mass is 16.3. The van der Waals surface area contributed by atoms with Crippen LogP contribution in [0.15, 0.2) is 23.8 Å². The molecule has 4 nitrogen and oxygen atoms in total. The summed E-state index contributed by atoms with van der Waals surface area (Å²) < 4.78 is 0. The molecule has 138 valence electrons. The van der Waals surface area contributed by atoms with Crippen LogP contribution in [-0.4, -0.2) is 28.3 Å². The summed E-state index contributed by atoms with van der Waals surface area (Å²) in [6.45, 7) is 3.79. The van der Waals surface area contributed by atoms with E-state index in [9.17, 15) is 15.0 Å². The van der Waals surface area contributed by atoms with Gasteiger partial charge in [0.05, 0.1) is 12.2 Å². The van der Waals surface area contributed by atoms with E-state index in [0.29, 0.717) is 31.1 Å². The summed E-state index contributed by atoms with van der Waals surface area (Å²) in [5, 5.41) is 20.6. The third-order valence-electron chi connectivity index (χ3n) is 5.65. The van der Waals surface area contributed by atoms with Crippen molar-refractivity contribution in [3.05, 3.63) is 23.8 Å². The fourth-order valence-electron chi connectivity index (χ4n) is 4.17. The van der Waals surface area contributed by atoms with E-state index in [0.717, 1.165) is 19.3 Å². The maximum Gasteiger partial charge on any atom is 0.217 e. The van der Waals surface area contributed by atoms with Crippen molar-refractivity contribution in [3.63, 3.8) is 0 Å². The van der Waals surface area contributed by atoms with Crippen LogP contribution >= 0.6 is 0 Å². The predicted octanol–water partition coefficient (Wildman–Crippen LogP) is 2.55. The van der Waals surface area contributed by atoms with Crippen molar-refractivity contribution in [2.75, 3.05) is 0 Å². The molecule has 0 heterocycles. The van der Waals surface area contributed by atoms with Gasteiger partial charge in [-0.25, -0.2) is 0 Å². The molecule has 2 aliphatic rings. The van der Waals surface area contributed by atoms with Crippen LogP contribution in [0, 0.1) is 35.5 Å². The van der Waals surface area contributed by atoms with Crippen molar-refractivity contribution < 1.29 is 15.0 Å². The van der Waals surface area contributed by atoms with Gasteiger partial charge in [-0.1, -0.05) is 30.7 Å². The maximum absolute atomic E-state index is 10.9. The zero-order chi connectivity index (χ0) is 18.4. The minimum absolute atomic E-state index is 0.0888. The first-order chi connectivity index (χ1) is 11.9. The first kappa shape index (κ1) is 19.8. The number of amides is 1. The Balaban J connectivity index is 1.93. The van der Waals surface area contributed by atoms with Gasteiger partial charge in [0.1, 0.15) is 0 Å². The Bertz CT molecular complexity index is 584.